The van der Waals surface area contributed by atoms with Gasteiger partial charge in [0, 0.05) is 25.2 Å². The number of likely N-dealkylation sites (N-methyl/N-ethyl adjacent to an activating group) is 1. The van der Waals surface area contributed by atoms with Crippen molar-refractivity contribution in [1.82, 2.24) is 10.2 Å². The fourth-order valence-electron chi connectivity index (χ4n) is 2.72. The molecule has 0 saturated carbocycles. The maximum Gasteiger partial charge on any atom is 0.0587 e. The fourth-order valence-corrected chi connectivity index (χ4v) is 2.72. The molecule has 2 rings (SSSR count). The molecule has 0 bridgehead atoms. The van der Waals surface area contributed by atoms with Gasteiger partial charge in [-0.2, -0.15) is 0 Å². The van der Waals surface area contributed by atoms with Gasteiger partial charge in [0.1, 0.15) is 0 Å². The number of likely N-dealkylation sites (tertiary alicyclic amines) is 1. The van der Waals surface area contributed by atoms with E-state index in [0.717, 1.165) is 19.1 Å². The van der Waals surface area contributed by atoms with Crippen LogP contribution in [0, 0.1) is 0 Å². The molecular weight excluding hydrogens is 188 g/mol. The van der Waals surface area contributed by atoms with Gasteiger partial charge >= 0.3 is 0 Å². The second kappa shape index (κ2) is 5.28. The van der Waals surface area contributed by atoms with Crippen LogP contribution in [0.25, 0.3) is 0 Å². The van der Waals surface area contributed by atoms with Gasteiger partial charge in [0.25, 0.3) is 0 Å². The van der Waals surface area contributed by atoms with E-state index in [4.69, 9.17) is 4.74 Å². The van der Waals surface area contributed by atoms with Gasteiger partial charge in [0.05, 0.1) is 6.10 Å². The molecule has 15 heavy (non-hydrogen) atoms. The quantitative estimate of drug-likeness (QED) is 0.762. The summed E-state index contributed by atoms with van der Waals surface area (Å²) in [4.78, 5) is 2.41. The monoisotopic (exact) mass is 212 g/mol. The Kier molecular flexibility index (Phi) is 4.00. The summed E-state index contributed by atoms with van der Waals surface area (Å²) in [6.45, 7) is 5.63. The van der Waals surface area contributed by atoms with E-state index in [-0.39, 0.29) is 0 Å². The van der Waals surface area contributed by atoms with Gasteiger partial charge in [-0.1, -0.05) is 6.92 Å². The van der Waals surface area contributed by atoms with E-state index in [1.54, 1.807) is 0 Å². The molecule has 3 unspecified atom stereocenters. The average molecular weight is 212 g/mol. The summed E-state index contributed by atoms with van der Waals surface area (Å²) in [5.41, 5.74) is 0. The maximum absolute atomic E-state index is 5.69. The first-order chi connectivity index (χ1) is 7.28. The van der Waals surface area contributed by atoms with Gasteiger partial charge in [0.15, 0.2) is 0 Å². The van der Waals surface area contributed by atoms with Crippen molar-refractivity contribution in [3.05, 3.63) is 0 Å². The fraction of sp³-hybridized carbons (Fsp3) is 1.00. The summed E-state index contributed by atoms with van der Waals surface area (Å²) >= 11 is 0. The number of hydrogen-bond acceptors (Lipinski definition) is 3. The predicted octanol–water partition coefficient (Wildman–Crippen LogP) is 1.24. The van der Waals surface area contributed by atoms with Crippen LogP contribution >= 0.6 is 0 Å². The Bertz CT molecular complexity index is 198. The zero-order valence-corrected chi connectivity index (χ0v) is 10.0. The van der Waals surface area contributed by atoms with Crippen molar-refractivity contribution in [2.45, 2.75) is 50.8 Å². The molecule has 0 aliphatic carbocycles. The van der Waals surface area contributed by atoms with Crippen LogP contribution in [0.4, 0.5) is 0 Å². The molecule has 0 aromatic rings. The molecule has 2 fully saturated rings. The van der Waals surface area contributed by atoms with Gasteiger partial charge in [-0.3, -0.25) is 0 Å². The molecule has 0 amide bonds. The van der Waals surface area contributed by atoms with Crippen LogP contribution in [0.15, 0.2) is 0 Å². The largest absolute Gasteiger partial charge is 0.378 e. The topological polar surface area (TPSA) is 24.5 Å². The maximum atomic E-state index is 5.69. The Hall–Kier alpha value is -0.120. The van der Waals surface area contributed by atoms with Crippen molar-refractivity contribution in [3.63, 3.8) is 0 Å². The lowest BCUT2D eigenvalue weighted by Crippen LogP contribution is -2.44. The first kappa shape index (κ1) is 11.4. The summed E-state index contributed by atoms with van der Waals surface area (Å²) < 4.78 is 5.69. The molecule has 3 heteroatoms. The van der Waals surface area contributed by atoms with Gasteiger partial charge in [-0.25, -0.2) is 0 Å². The minimum absolute atomic E-state index is 0.496. The summed E-state index contributed by atoms with van der Waals surface area (Å²) in [6.07, 6.45) is 5.36. The highest BCUT2D eigenvalue weighted by Gasteiger charge is 2.26. The third-order valence-corrected chi connectivity index (χ3v) is 3.69. The van der Waals surface area contributed by atoms with E-state index in [2.05, 4.69) is 24.2 Å². The van der Waals surface area contributed by atoms with Crippen LogP contribution in [0.5, 0.6) is 0 Å². The molecule has 2 aliphatic rings. The van der Waals surface area contributed by atoms with Gasteiger partial charge in [-0.05, 0) is 39.3 Å². The third kappa shape index (κ3) is 3.16. The van der Waals surface area contributed by atoms with E-state index in [1.807, 2.05) is 0 Å². The lowest BCUT2D eigenvalue weighted by atomic mass is 10.0. The van der Waals surface area contributed by atoms with Crippen molar-refractivity contribution in [1.29, 1.82) is 0 Å². The number of rotatable bonds is 3. The smallest absolute Gasteiger partial charge is 0.0587 e. The predicted molar refractivity (Wildman–Crippen MR) is 62.1 cm³/mol. The molecule has 1 N–H and O–H groups in total. The Balaban J connectivity index is 1.74. The Morgan fingerprint density at radius 2 is 2.20 bits per heavy atom. The molecule has 0 aromatic carbocycles. The molecule has 0 spiro atoms. The highest BCUT2D eigenvalue weighted by Crippen LogP contribution is 2.18. The molecule has 0 radical (unpaired) electrons. The number of nitrogens with one attached hydrogen (secondary N) is 1. The number of hydrogen-bond donors (Lipinski definition) is 1. The van der Waals surface area contributed by atoms with Crippen molar-refractivity contribution >= 4 is 0 Å². The summed E-state index contributed by atoms with van der Waals surface area (Å²) in [5, 5.41) is 3.79. The number of ether oxygens (including phenoxy) is 1. The third-order valence-electron chi connectivity index (χ3n) is 3.69. The highest BCUT2D eigenvalue weighted by molar-refractivity contribution is 4.85. The van der Waals surface area contributed by atoms with Crippen molar-refractivity contribution < 1.29 is 4.74 Å². The van der Waals surface area contributed by atoms with Crippen molar-refractivity contribution in [2.24, 2.45) is 0 Å². The minimum atomic E-state index is 0.496. The summed E-state index contributed by atoms with van der Waals surface area (Å²) in [5.74, 6) is 0. The molecule has 3 atom stereocenters. The normalized spacial score (nSPS) is 38.4. The van der Waals surface area contributed by atoms with Gasteiger partial charge in [0.2, 0.25) is 0 Å². The minimum Gasteiger partial charge on any atom is -0.378 e. The average Bonchev–Trinajstić information content (AvgIpc) is 2.64. The van der Waals surface area contributed by atoms with E-state index >= 15 is 0 Å². The van der Waals surface area contributed by atoms with Crippen LogP contribution in [0.2, 0.25) is 0 Å². The molecule has 2 aliphatic heterocycles. The molecule has 2 heterocycles. The lowest BCUT2D eigenvalue weighted by Gasteiger charge is -2.31. The Morgan fingerprint density at radius 1 is 1.33 bits per heavy atom. The van der Waals surface area contributed by atoms with Crippen LogP contribution in [0.1, 0.15) is 32.6 Å². The second-order valence-corrected chi connectivity index (χ2v) is 5.04. The molecular formula is C12H24N2O. The molecule has 3 nitrogen and oxygen atoms in total. The van der Waals surface area contributed by atoms with Crippen LogP contribution in [-0.2, 0) is 4.74 Å². The Morgan fingerprint density at radius 3 is 2.87 bits per heavy atom. The van der Waals surface area contributed by atoms with Gasteiger partial charge < -0.3 is 15.0 Å². The van der Waals surface area contributed by atoms with Gasteiger partial charge in [-0.15, -0.1) is 0 Å². The first-order valence-corrected chi connectivity index (χ1v) is 6.34. The second-order valence-electron chi connectivity index (χ2n) is 5.04. The lowest BCUT2D eigenvalue weighted by molar-refractivity contribution is -0.00171. The standard InChI is InChI=1S/C12H24N2O/c1-3-12-8-10(5-7-15-12)13-11-4-6-14(2)9-11/h10-13H,3-9H2,1-2H3. The van der Waals surface area contributed by atoms with E-state index in [0.29, 0.717) is 12.1 Å². The van der Waals surface area contributed by atoms with Crippen molar-refractivity contribution in [3.8, 4) is 0 Å². The SMILES string of the molecule is CCC1CC(NC2CCN(C)C2)CCO1. The zero-order valence-electron chi connectivity index (χ0n) is 10.0. The van der Waals surface area contributed by atoms with E-state index < -0.39 is 0 Å². The first-order valence-electron chi connectivity index (χ1n) is 6.34. The van der Waals surface area contributed by atoms with E-state index in [9.17, 15) is 0 Å². The van der Waals surface area contributed by atoms with Crippen LogP contribution in [0.3, 0.4) is 0 Å². The Labute approximate surface area is 93.2 Å². The zero-order chi connectivity index (χ0) is 10.7. The summed E-state index contributed by atoms with van der Waals surface area (Å²) in [6, 6.07) is 1.41. The van der Waals surface area contributed by atoms with Crippen LogP contribution in [-0.4, -0.2) is 49.8 Å². The number of nitrogens with zero attached hydrogens (tertiary/aromatic N) is 1. The molecule has 0 aromatic heterocycles. The van der Waals surface area contributed by atoms with E-state index in [1.165, 1.54) is 32.4 Å². The van der Waals surface area contributed by atoms with Crippen molar-refractivity contribution in [2.75, 3.05) is 26.7 Å². The summed E-state index contributed by atoms with van der Waals surface area (Å²) in [7, 11) is 2.21. The molecule has 88 valence electrons. The highest BCUT2D eigenvalue weighted by atomic mass is 16.5. The van der Waals surface area contributed by atoms with Crippen LogP contribution < -0.4 is 5.32 Å². The molecule has 2 saturated heterocycles.